The summed E-state index contributed by atoms with van der Waals surface area (Å²) in [6.07, 6.45) is 3.45. The maximum atomic E-state index is 12.3. The van der Waals surface area contributed by atoms with Gasteiger partial charge >= 0.3 is 0 Å². The molecule has 28 heavy (non-hydrogen) atoms. The van der Waals surface area contributed by atoms with E-state index in [2.05, 4.69) is 17.4 Å². The Hall–Kier alpha value is -3.34. The first-order valence-electron chi connectivity index (χ1n) is 9.34. The third-order valence-corrected chi connectivity index (χ3v) is 4.89. The van der Waals surface area contributed by atoms with Crippen molar-refractivity contribution in [3.05, 3.63) is 82.8 Å². The lowest BCUT2D eigenvalue weighted by molar-refractivity contribution is 0.0990. The largest absolute Gasteiger partial charge is 0.486 e. The van der Waals surface area contributed by atoms with Crippen molar-refractivity contribution in [1.29, 1.82) is 0 Å². The zero-order valence-corrected chi connectivity index (χ0v) is 15.7. The number of ketones is 1. The Labute approximate surface area is 163 Å². The smallest absolute Gasteiger partial charge is 0.291 e. The molecule has 1 amide bonds. The SMILES string of the molecule is CC(=O)c1ccc(NC(=O)c2ccc(COc3ccc4c(c3)CCC4)o2)cc1. The zero-order chi connectivity index (χ0) is 19.5. The number of nitrogens with one attached hydrogen (secondary N) is 1. The number of ether oxygens (including phenoxy) is 1. The second-order valence-corrected chi connectivity index (χ2v) is 6.93. The molecule has 0 saturated carbocycles. The van der Waals surface area contributed by atoms with Crippen LogP contribution in [0.4, 0.5) is 5.69 Å². The van der Waals surface area contributed by atoms with Gasteiger partial charge in [0, 0.05) is 11.3 Å². The molecule has 1 aliphatic rings. The first kappa shape index (κ1) is 18.0. The Morgan fingerprint density at radius 1 is 1.00 bits per heavy atom. The number of carbonyl (C=O) groups excluding carboxylic acids is 2. The van der Waals surface area contributed by atoms with Gasteiger partial charge in [-0.3, -0.25) is 9.59 Å². The number of benzene rings is 2. The fraction of sp³-hybridized carbons (Fsp3) is 0.217. The Morgan fingerprint density at radius 3 is 2.57 bits per heavy atom. The van der Waals surface area contributed by atoms with Crippen LogP contribution < -0.4 is 10.1 Å². The maximum absolute atomic E-state index is 12.3. The monoisotopic (exact) mass is 375 g/mol. The van der Waals surface area contributed by atoms with E-state index in [0.29, 0.717) is 17.0 Å². The fourth-order valence-corrected chi connectivity index (χ4v) is 3.35. The minimum atomic E-state index is -0.348. The van der Waals surface area contributed by atoms with Crippen LogP contribution in [0.1, 0.15) is 51.1 Å². The molecule has 0 spiro atoms. The van der Waals surface area contributed by atoms with Crippen LogP contribution in [0.2, 0.25) is 0 Å². The quantitative estimate of drug-likeness (QED) is 0.628. The van der Waals surface area contributed by atoms with Crippen LogP contribution in [-0.2, 0) is 19.4 Å². The molecule has 3 aromatic rings. The topological polar surface area (TPSA) is 68.5 Å². The summed E-state index contributed by atoms with van der Waals surface area (Å²) >= 11 is 0. The van der Waals surface area contributed by atoms with E-state index in [0.717, 1.165) is 18.6 Å². The van der Waals surface area contributed by atoms with Crippen LogP contribution in [0, 0.1) is 0 Å². The molecule has 0 saturated heterocycles. The van der Waals surface area contributed by atoms with Gasteiger partial charge in [0.2, 0.25) is 0 Å². The molecule has 1 aromatic heterocycles. The lowest BCUT2D eigenvalue weighted by atomic mass is 10.1. The molecular weight excluding hydrogens is 354 g/mol. The van der Waals surface area contributed by atoms with Gasteiger partial charge in [-0.2, -0.15) is 0 Å². The third kappa shape index (κ3) is 3.98. The van der Waals surface area contributed by atoms with Crippen molar-refractivity contribution in [2.45, 2.75) is 32.8 Å². The molecule has 0 atom stereocenters. The third-order valence-electron chi connectivity index (χ3n) is 4.89. The van der Waals surface area contributed by atoms with Crippen LogP contribution in [0.25, 0.3) is 0 Å². The van der Waals surface area contributed by atoms with Crippen molar-refractivity contribution < 1.29 is 18.7 Å². The van der Waals surface area contributed by atoms with Gasteiger partial charge in [0.15, 0.2) is 11.5 Å². The van der Waals surface area contributed by atoms with Crippen molar-refractivity contribution in [1.82, 2.24) is 0 Å². The average Bonchev–Trinajstić information content (AvgIpc) is 3.35. The normalized spacial score (nSPS) is 12.5. The second kappa shape index (κ2) is 7.72. The molecule has 5 heteroatoms. The van der Waals surface area contributed by atoms with Crippen LogP contribution in [0.3, 0.4) is 0 Å². The van der Waals surface area contributed by atoms with Crippen LogP contribution >= 0.6 is 0 Å². The molecule has 2 aromatic carbocycles. The fourth-order valence-electron chi connectivity index (χ4n) is 3.35. The summed E-state index contributed by atoms with van der Waals surface area (Å²) in [7, 11) is 0. The van der Waals surface area contributed by atoms with E-state index in [1.54, 1.807) is 36.4 Å². The Morgan fingerprint density at radius 2 is 1.79 bits per heavy atom. The number of hydrogen-bond acceptors (Lipinski definition) is 4. The molecular formula is C23H21NO4. The van der Waals surface area contributed by atoms with Gasteiger partial charge in [0.05, 0.1) is 0 Å². The summed E-state index contributed by atoms with van der Waals surface area (Å²) in [5.41, 5.74) is 3.96. The Balaban J connectivity index is 1.35. The highest BCUT2D eigenvalue weighted by molar-refractivity contribution is 6.02. The van der Waals surface area contributed by atoms with Gasteiger partial charge in [0.25, 0.3) is 5.91 Å². The predicted octanol–water partition coefficient (Wildman–Crippen LogP) is 4.80. The summed E-state index contributed by atoms with van der Waals surface area (Å²) in [6.45, 7) is 1.77. The number of aryl methyl sites for hydroxylation is 2. The number of furan rings is 1. The van der Waals surface area contributed by atoms with Crippen molar-refractivity contribution in [3.8, 4) is 5.75 Å². The standard InChI is InChI=1S/C23H21NO4/c1-15(25)16-5-8-19(9-6-16)24-23(26)22-12-11-21(28-22)14-27-20-10-7-17-3-2-4-18(17)13-20/h5-13H,2-4,14H2,1H3,(H,24,26). The van der Waals surface area contributed by atoms with Gasteiger partial charge in [-0.1, -0.05) is 6.07 Å². The van der Waals surface area contributed by atoms with E-state index < -0.39 is 0 Å². The van der Waals surface area contributed by atoms with E-state index in [-0.39, 0.29) is 24.1 Å². The molecule has 0 radical (unpaired) electrons. The highest BCUT2D eigenvalue weighted by Gasteiger charge is 2.14. The lowest BCUT2D eigenvalue weighted by Crippen LogP contribution is -2.11. The Bertz CT molecular complexity index is 1020. The molecule has 4 rings (SSSR count). The molecule has 0 aliphatic heterocycles. The first-order valence-corrected chi connectivity index (χ1v) is 9.34. The van der Waals surface area contributed by atoms with Gasteiger partial charge in [-0.15, -0.1) is 0 Å². The number of rotatable bonds is 6. The lowest BCUT2D eigenvalue weighted by Gasteiger charge is -2.07. The number of amides is 1. The summed E-state index contributed by atoms with van der Waals surface area (Å²) in [4.78, 5) is 23.6. The molecule has 5 nitrogen and oxygen atoms in total. The Kier molecular flexibility index (Phi) is 4.98. The molecule has 1 aliphatic carbocycles. The molecule has 1 heterocycles. The molecule has 0 fully saturated rings. The number of fused-ring (bicyclic) bond motifs is 1. The highest BCUT2D eigenvalue weighted by atomic mass is 16.5. The van der Waals surface area contributed by atoms with E-state index in [9.17, 15) is 9.59 Å². The first-order chi connectivity index (χ1) is 13.6. The molecule has 1 N–H and O–H groups in total. The number of anilines is 1. The van der Waals surface area contributed by atoms with Crippen LogP contribution in [-0.4, -0.2) is 11.7 Å². The van der Waals surface area contributed by atoms with E-state index in [1.165, 1.54) is 24.5 Å². The highest BCUT2D eigenvalue weighted by Crippen LogP contribution is 2.26. The van der Waals surface area contributed by atoms with E-state index >= 15 is 0 Å². The van der Waals surface area contributed by atoms with Crippen molar-refractivity contribution in [3.63, 3.8) is 0 Å². The van der Waals surface area contributed by atoms with Crippen LogP contribution in [0.5, 0.6) is 5.75 Å². The molecule has 0 bridgehead atoms. The van der Waals surface area contributed by atoms with Crippen molar-refractivity contribution in [2.75, 3.05) is 5.32 Å². The molecule has 0 unspecified atom stereocenters. The minimum Gasteiger partial charge on any atom is -0.486 e. The van der Waals surface area contributed by atoms with Crippen molar-refractivity contribution >= 4 is 17.4 Å². The van der Waals surface area contributed by atoms with Gasteiger partial charge in [-0.05, 0) is 85.8 Å². The number of hydrogen-bond donors (Lipinski definition) is 1. The summed E-state index contributed by atoms with van der Waals surface area (Å²) in [5, 5.41) is 2.75. The summed E-state index contributed by atoms with van der Waals surface area (Å²) in [6, 6.07) is 16.3. The predicted molar refractivity (Wildman–Crippen MR) is 106 cm³/mol. The zero-order valence-electron chi connectivity index (χ0n) is 15.7. The minimum absolute atomic E-state index is 0.0167. The summed E-state index contributed by atoms with van der Waals surface area (Å²) < 4.78 is 11.4. The van der Waals surface area contributed by atoms with Crippen LogP contribution in [0.15, 0.2) is 59.0 Å². The second-order valence-electron chi connectivity index (χ2n) is 6.93. The number of Topliss-reactive ketones (excluding diaryl/α,β-unsaturated/α-hetero) is 1. The maximum Gasteiger partial charge on any atom is 0.291 e. The molecule has 142 valence electrons. The van der Waals surface area contributed by atoms with Crippen molar-refractivity contribution in [2.24, 2.45) is 0 Å². The van der Waals surface area contributed by atoms with Gasteiger partial charge in [0.1, 0.15) is 18.1 Å². The van der Waals surface area contributed by atoms with Gasteiger partial charge in [-0.25, -0.2) is 0 Å². The number of carbonyl (C=O) groups is 2. The average molecular weight is 375 g/mol. The van der Waals surface area contributed by atoms with E-state index in [4.69, 9.17) is 9.15 Å². The van der Waals surface area contributed by atoms with Gasteiger partial charge < -0.3 is 14.5 Å². The van der Waals surface area contributed by atoms with E-state index in [1.807, 2.05) is 6.07 Å². The summed E-state index contributed by atoms with van der Waals surface area (Å²) in [5.74, 6) is 1.24.